The number of ether oxygens (including phenoxy) is 1. The first-order valence-corrected chi connectivity index (χ1v) is 7.73. The van der Waals surface area contributed by atoms with E-state index < -0.39 is 5.60 Å². The zero-order chi connectivity index (χ0) is 15.6. The summed E-state index contributed by atoms with van der Waals surface area (Å²) >= 11 is 0. The van der Waals surface area contributed by atoms with Gasteiger partial charge in [0.2, 0.25) is 0 Å². The molecule has 1 fully saturated rings. The van der Waals surface area contributed by atoms with Crippen LogP contribution in [0, 0.1) is 5.41 Å². The quantitative estimate of drug-likeness (QED) is 0.834. The molecular weight excluding hydrogens is 252 g/mol. The van der Waals surface area contributed by atoms with Crippen molar-refractivity contribution in [2.24, 2.45) is 5.41 Å². The second kappa shape index (κ2) is 6.33. The third kappa shape index (κ3) is 6.12. The molecule has 0 saturated heterocycles. The van der Waals surface area contributed by atoms with Gasteiger partial charge in [0.25, 0.3) is 0 Å². The first-order valence-electron chi connectivity index (χ1n) is 7.73. The highest BCUT2D eigenvalue weighted by atomic mass is 16.6. The number of amides is 1. The van der Waals surface area contributed by atoms with Gasteiger partial charge in [0.15, 0.2) is 0 Å². The Labute approximate surface area is 124 Å². The van der Waals surface area contributed by atoms with Crippen LogP contribution in [-0.4, -0.2) is 29.8 Å². The molecule has 2 N–H and O–H groups in total. The Kier molecular flexibility index (Phi) is 5.47. The van der Waals surface area contributed by atoms with Crippen LogP contribution in [0.25, 0.3) is 0 Å². The van der Waals surface area contributed by atoms with Crippen LogP contribution in [0.5, 0.6) is 0 Å². The first kappa shape index (κ1) is 17.3. The average molecular weight is 284 g/mol. The zero-order valence-corrected chi connectivity index (χ0v) is 14.2. The molecule has 118 valence electrons. The molecule has 3 unspecified atom stereocenters. The topological polar surface area (TPSA) is 50.4 Å². The lowest BCUT2D eigenvalue weighted by molar-refractivity contribution is 0.0505. The predicted molar refractivity (Wildman–Crippen MR) is 82.8 cm³/mol. The third-order valence-corrected chi connectivity index (χ3v) is 3.94. The Morgan fingerprint density at radius 2 is 1.65 bits per heavy atom. The van der Waals surface area contributed by atoms with Crippen molar-refractivity contribution in [3.05, 3.63) is 0 Å². The zero-order valence-electron chi connectivity index (χ0n) is 14.2. The van der Waals surface area contributed by atoms with E-state index in [1.54, 1.807) is 0 Å². The van der Waals surface area contributed by atoms with Gasteiger partial charge in [-0.05, 0) is 52.4 Å². The molecule has 4 nitrogen and oxygen atoms in total. The summed E-state index contributed by atoms with van der Waals surface area (Å²) in [6.07, 6.45) is 2.82. The fraction of sp³-hybridized carbons (Fsp3) is 0.938. The van der Waals surface area contributed by atoms with Crippen molar-refractivity contribution in [1.29, 1.82) is 0 Å². The maximum absolute atomic E-state index is 11.7. The number of carbonyl (C=O) groups is 1. The molecule has 1 aliphatic carbocycles. The maximum atomic E-state index is 11.7. The minimum Gasteiger partial charge on any atom is -0.444 e. The van der Waals surface area contributed by atoms with Crippen molar-refractivity contribution < 1.29 is 9.53 Å². The molecule has 0 radical (unpaired) electrons. The highest BCUT2D eigenvalue weighted by Crippen LogP contribution is 2.24. The van der Waals surface area contributed by atoms with Crippen LogP contribution in [-0.2, 0) is 4.74 Å². The van der Waals surface area contributed by atoms with E-state index in [0.29, 0.717) is 12.1 Å². The molecule has 0 aromatic carbocycles. The number of carbonyl (C=O) groups excluding carboxylic acids is 1. The van der Waals surface area contributed by atoms with E-state index in [2.05, 4.69) is 38.3 Å². The van der Waals surface area contributed by atoms with Gasteiger partial charge in [-0.3, -0.25) is 0 Å². The summed E-state index contributed by atoms with van der Waals surface area (Å²) in [4.78, 5) is 11.7. The lowest BCUT2D eigenvalue weighted by atomic mass is 9.87. The Morgan fingerprint density at radius 3 is 2.15 bits per heavy atom. The van der Waals surface area contributed by atoms with Crippen molar-refractivity contribution in [2.75, 3.05) is 0 Å². The van der Waals surface area contributed by atoms with Crippen molar-refractivity contribution in [2.45, 2.75) is 91.5 Å². The smallest absolute Gasteiger partial charge is 0.407 e. The fourth-order valence-corrected chi connectivity index (χ4v) is 2.34. The lowest BCUT2D eigenvalue weighted by Crippen LogP contribution is -2.44. The molecular formula is C16H32N2O2. The number of hydrogen-bond acceptors (Lipinski definition) is 3. The molecule has 0 aliphatic heterocycles. The van der Waals surface area contributed by atoms with Crippen LogP contribution < -0.4 is 10.6 Å². The van der Waals surface area contributed by atoms with Gasteiger partial charge in [-0.2, -0.15) is 0 Å². The summed E-state index contributed by atoms with van der Waals surface area (Å²) in [6.45, 7) is 14.6. The standard InChI is InChI=1S/C16H32N2O2/c1-11(15(2,3)4)17-12-8-9-13(10-12)18-14(19)20-16(5,6)7/h11-13,17H,8-10H2,1-7H3,(H,18,19). The summed E-state index contributed by atoms with van der Waals surface area (Å²) in [5.74, 6) is 0. The Morgan fingerprint density at radius 1 is 1.10 bits per heavy atom. The number of nitrogens with one attached hydrogen (secondary N) is 2. The first-order chi connectivity index (χ1) is 8.97. The maximum Gasteiger partial charge on any atom is 0.407 e. The molecule has 1 saturated carbocycles. The van der Waals surface area contributed by atoms with Crippen LogP contribution in [0.15, 0.2) is 0 Å². The van der Waals surface area contributed by atoms with Gasteiger partial charge in [-0.15, -0.1) is 0 Å². The van der Waals surface area contributed by atoms with Crippen molar-refractivity contribution in [3.63, 3.8) is 0 Å². The average Bonchev–Trinajstić information content (AvgIpc) is 2.60. The van der Waals surface area contributed by atoms with E-state index in [9.17, 15) is 4.79 Å². The Hall–Kier alpha value is -0.770. The highest BCUT2D eigenvalue weighted by molar-refractivity contribution is 5.68. The largest absolute Gasteiger partial charge is 0.444 e. The van der Waals surface area contributed by atoms with E-state index in [4.69, 9.17) is 4.74 Å². The van der Waals surface area contributed by atoms with Gasteiger partial charge in [0.05, 0.1) is 0 Å². The predicted octanol–water partition coefficient (Wildman–Crippen LogP) is 3.46. The van der Waals surface area contributed by atoms with E-state index >= 15 is 0 Å². The molecule has 0 aromatic heterocycles. The Balaban J connectivity index is 2.35. The summed E-state index contributed by atoms with van der Waals surface area (Å²) < 4.78 is 5.30. The molecule has 0 bridgehead atoms. The molecule has 1 rings (SSSR count). The molecule has 0 spiro atoms. The molecule has 1 aliphatic rings. The van der Waals surface area contributed by atoms with Gasteiger partial charge in [-0.25, -0.2) is 4.79 Å². The van der Waals surface area contributed by atoms with Crippen molar-refractivity contribution >= 4 is 6.09 Å². The second-order valence-corrected chi connectivity index (χ2v) is 8.11. The van der Waals surface area contributed by atoms with Crippen LogP contribution in [0.4, 0.5) is 4.79 Å². The van der Waals surface area contributed by atoms with E-state index in [1.165, 1.54) is 0 Å². The highest BCUT2D eigenvalue weighted by Gasteiger charge is 2.30. The Bertz CT molecular complexity index is 328. The summed E-state index contributed by atoms with van der Waals surface area (Å²) in [7, 11) is 0. The minimum atomic E-state index is -0.429. The SMILES string of the molecule is CC(NC1CCC(NC(=O)OC(C)(C)C)C1)C(C)(C)C. The molecule has 20 heavy (non-hydrogen) atoms. The van der Waals surface area contributed by atoms with Crippen LogP contribution in [0.2, 0.25) is 0 Å². The second-order valence-electron chi connectivity index (χ2n) is 8.11. The third-order valence-electron chi connectivity index (χ3n) is 3.94. The summed E-state index contributed by atoms with van der Waals surface area (Å²) in [6, 6.07) is 1.19. The number of alkyl carbamates (subject to hydrolysis) is 1. The van der Waals surface area contributed by atoms with Gasteiger partial charge in [0, 0.05) is 18.1 Å². The van der Waals surface area contributed by atoms with E-state index in [0.717, 1.165) is 19.3 Å². The fourth-order valence-electron chi connectivity index (χ4n) is 2.34. The monoisotopic (exact) mass is 284 g/mol. The summed E-state index contributed by atoms with van der Waals surface area (Å²) in [5.41, 5.74) is -0.169. The van der Waals surface area contributed by atoms with Gasteiger partial charge < -0.3 is 15.4 Å². The van der Waals surface area contributed by atoms with Crippen molar-refractivity contribution in [3.8, 4) is 0 Å². The van der Waals surface area contributed by atoms with Gasteiger partial charge in [0.1, 0.15) is 5.60 Å². The number of hydrogen-bond donors (Lipinski definition) is 2. The van der Waals surface area contributed by atoms with Crippen LogP contribution in [0.1, 0.15) is 67.7 Å². The van der Waals surface area contributed by atoms with E-state index in [-0.39, 0.29) is 17.6 Å². The number of rotatable bonds is 3. The van der Waals surface area contributed by atoms with E-state index in [1.807, 2.05) is 20.8 Å². The molecule has 0 heterocycles. The molecule has 4 heteroatoms. The summed E-state index contributed by atoms with van der Waals surface area (Å²) in [5, 5.41) is 6.65. The molecule has 1 amide bonds. The minimum absolute atomic E-state index is 0.231. The molecule has 0 aromatic rings. The van der Waals surface area contributed by atoms with Crippen LogP contribution >= 0.6 is 0 Å². The van der Waals surface area contributed by atoms with Gasteiger partial charge >= 0.3 is 6.09 Å². The molecule has 3 atom stereocenters. The lowest BCUT2D eigenvalue weighted by Gasteiger charge is -2.31. The van der Waals surface area contributed by atoms with Crippen LogP contribution in [0.3, 0.4) is 0 Å². The van der Waals surface area contributed by atoms with Gasteiger partial charge in [-0.1, -0.05) is 20.8 Å². The van der Waals surface area contributed by atoms with Crippen molar-refractivity contribution in [1.82, 2.24) is 10.6 Å². The normalized spacial score (nSPS) is 25.4.